The van der Waals surface area contributed by atoms with Crippen LogP contribution in [0, 0.1) is 13.8 Å². The average Bonchev–Trinajstić information content (AvgIpc) is 2.45. The van der Waals surface area contributed by atoms with Gasteiger partial charge in [0.25, 0.3) is 0 Å². The Kier molecular flexibility index (Phi) is 4.29. The first-order valence-corrected chi connectivity index (χ1v) is 7.68. The van der Waals surface area contributed by atoms with Crippen molar-refractivity contribution in [1.82, 2.24) is 0 Å². The number of ether oxygens (including phenoxy) is 2. The molecule has 0 aliphatic rings. The fourth-order valence-corrected chi connectivity index (χ4v) is 2.54. The van der Waals surface area contributed by atoms with Crippen LogP contribution in [0.15, 0.2) is 60.7 Å². The summed E-state index contributed by atoms with van der Waals surface area (Å²) in [6.45, 7) is 3.95. The van der Waals surface area contributed by atoms with Crippen molar-refractivity contribution in [3.8, 4) is 23.0 Å². The second-order valence-electron chi connectivity index (χ2n) is 5.84. The van der Waals surface area contributed by atoms with Crippen molar-refractivity contribution in [2.45, 2.75) is 13.8 Å². The van der Waals surface area contributed by atoms with E-state index in [4.69, 9.17) is 20.9 Å². The van der Waals surface area contributed by atoms with E-state index in [1.165, 1.54) is 0 Å². The minimum absolute atomic E-state index is 0.674. The highest BCUT2D eigenvalue weighted by molar-refractivity contribution is 5.50. The molecule has 4 heteroatoms. The zero-order valence-corrected chi connectivity index (χ0v) is 13.7. The van der Waals surface area contributed by atoms with Gasteiger partial charge in [0.05, 0.1) is 0 Å². The molecule has 3 rings (SSSR count). The normalized spacial score (nSPS) is 10.4. The van der Waals surface area contributed by atoms with Crippen LogP contribution in [0.5, 0.6) is 23.0 Å². The van der Waals surface area contributed by atoms with E-state index in [-0.39, 0.29) is 0 Å². The summed E-state index contributed by atoms with van der Waals surface area (Å²) < 4.78 is 11.8. The molecule has 4 nitrogen and oxygen atoms in total. The van der Waals surface area contributed by atoms with E-state index < -0.39 is 0 Å². The minimum atomic E-state index is 0.674. The van der Waals surface area contributed by atoms with E-state index in [1.807, 2.05) is 62.4 Å². The summed E-state index contributed by atoms with van der Waals surface area (Å²) in [5.74, 6) is 2.75. The van der Waals surface area contributed by atoms with Crippen LogP contribution in [0.2, 0.25) is 0 Å². The zero-order valence-electron chi connectivity index (χ0n) is 13.7. The lowest BCUT2D eigenvalue weighted by atomic mass is 10.2. The number of nitrogens with two attached hydrogens (primary N) is 2. The van der Waals surface area contributed by atoms with Crippen molar-refractivity contribution in [3.63, 3.8) is 0 Å². The highest BCUT2D eigenvalue weighted by Crippen LogP contribution is 2.30. The number of benzene rings is 3. The van der Waals surface area contributed by atoms with Crippen LogP contribution < -0.4 is 20.9 Å². The van der Waals surface area contributed by atoms with Gasteiger partial charge in [0.1, 0.15) is 23.0 Å². The summed E-state index contributed by atoms with van der Waals surface area (Å²) >= 11 is 0. The molecular weight excluding hydrogens is 300 g/mol. The zero-order chi connectivity index (χ0) is 17.1. The lowest BCUT2D eigenvalue weighted by molar-refractivity contribution is 0.460. The molecule has 0 fully saturated rings. The van der Waals surface area contributed by atoms with Gasteiger partial charge in [-0.3, -0.25) is 0 Å². The summed E-state index contributed by atoms with van der Waals surface area (Å²) in [6.07, 6.45) is 0. The second kappa shape index (κ2) is 6.54. The van der Waals surface area contributed by atoms with Gasteiger partial charge in [-0.2, -0.15) is 0 Å². The van der Waals surface area contributed by atoms with Gasteiger partial charge in [-0.15, -0.1) is 0 Å². The number of hydrogen-bond acceptors (Lipinski definition) is 4. The fraction of sp³-hybridized carbons (Fsp3) is 0.100. The van der Waals surface area contributed by atoms with Crippen molar-refractivity contribution in [2.24, 2.45) is 0 Å². The number of aryl methyl sites for hydroxylation is 2. The maximum Gasteiger partial charge on any atom is 0.131 e. The van der Waals surface area contributed by atoms with Gasteiger partial charge in [-0.25, -0.2) is 0 Å². The van der Waals surface area contributed by atoms with E-state index >= 15 is 0 Å². The molecule has 0 spiro atoms. The molecule has 24 heavy (non-hydrogen) atoms. The van der Waals surface area contributed by atoms with E-state index in [0.29, 0.717) is 34.4 Å². The monoisotopic (exact) mass is 320 g/mol. The van der Waals surface area contributed by atoms with Crippen molar-refractivity contribution >= 4 is 11.4 Å². The van der Waals surface area contributed by atoms with Crippen molar-refractivity contribution in [3.05, 3.63) is 71.8 Å². The molecule has 0 heterocycles. The van der Waals surface area contributed by atoms with Gasteiger partial charge in [0.15, 0.2) is 0 Å². The molecule has 0 unspecified atom stereocenters. The fourth-order valence-electron chi connectivity index (χ4n) is 2.54. The Morgan fingerprint density at radius 1 is 0.583 bits per heavy atom. The van der Waals surface area contributed by atoms with E-state index in [2.05, 4.69) is 0 Å². The Balaban J connectivity index is 1.81. The number of nitrogen functional groups attached to an aromatic ring is 2. The molecule has 3 aromatic rings. The third kappa shape index (κ3) is 3.98. The van der Waals surface area contributed by atoms with Crippen LogP contribution >= 0.6 is 0 Å². The number of hydrogen-bond donors (Lipinski definition) is 2. The molecule has 0 aromatic heterocycles. The molecule has 0 atom stereocenters. The molecule has 0 amide bonds. The molecule has 0 aliphatic carbocycles. The summed E-state index contributed by atoms with van der Waals surface area (Å²) in [6, 6.07) is 18.7. The molecular formula is C20H20N2O2. The van der Waals surface area contributed by atoms with E-state index in [9.17, 15) is 0 Å². The molecule has 0 saturated carbocycles. The average molecular weight is 320 g/mol. The van der Waals surface area contributed by atoms with E-state index in [1.54, 1.807) is 12.1 Å². The lowest BCUT2D eigenvalue weighted by Gasteiger charge is -2.11. The third-order valence-corrected chi connectivity index (χ3v) is 3.42. The molecule has 0 saturated heterocycles. The Morgan fingerprint density at radius 3 is 1.46 bits per heavy atom. The predicted molar refractivity (Wildman–Crippen MR) is 97.8 cm³/mol. The first-order valence-electron chi connectivity index (χ1n) is 7.68. The maximum absolute atomic E-state index is 5.88. The SMILES string of the molecule is Cc1cc(N)cc(Oc2cccc(Oc3cc(C)cc(N)c3)c2)c1. The first-order chi connectivity index (χ1) is 11.5. The topological polar surface area (TPSA) is 70.5 Å². The van der Waals surface area contributed by atoms with Gasteiger partial charge >= 0.3 is 0 Å². The van der Waals surface area contributed by atoms with Gasteiger partial charge in [-0.05, 0) is 61.4 Å². The Morgan fingerprint density at radius 2 is 1.04 bits per heavy atom. The predicted octanol–water partition coefficient (Wildman–Crippen LogP) is 5.05. The quantitative estimate of drug-likeness (QED) is 0.660. The van der Waals surface area contributed by atoms with Gasteiger partial charge < -0.3 is 20.9 Å². The lowest BCUT2D eigenvalue weighted by Crippen LogP contribution is -1.91. The van der Waals surface area contributed by atoms with Crippen molar-refractivity contribution in [2.75, 3.05) is 11.5 Å². The molecule has 3 aromatic carbocycles. The van der Waals surface area contributed by atoms with Gasteiger partial charge in [0, 0.05) is 29.6 Å². The third-order valence-electron chi connectivity index (χ3n) is 3.42. The van der Waals surface area contributed by atoms with Crippen molar-refractivity contribution < 1.29 is 9.47 Å². The summed E-state index contributed by atoms with van der Waals surface area (Å²) in [5.41, 5.74) is 15.2. The van der Waals surface area contributed by atoms with Crippen LogP contribution in [-0.2, 0) is 0 Å². The number of anilines is 2. The molecule has 0 aliphatic heterocycles. The molecule has 0 radical (unpaired) electrons. The van der Waals surface area contributed by atoms with E-state index in [0.717, 1.165) is 11.1 Å². The van der Waals surface area contributed by atoms with Crippen LogP contribution in [0.1, 0.15) is 11.1 Å². The Bertz CT molecular complexity index is 766. The van der Waals surface area contributed by atoms with Crippen LogP contribution in [0.3, 0.4) is 0 Å². The number of rotatable bonds is 4. The minimum Gasteiger partial charge on any atom is -0.457 e. The molecule has 122 valence electrons. The summed E-state index contributed by atoms with van der Waals surface area (Å²) in [4.78, 5) is 0. The van der Waals surface area contributed by atoms with Crippen LogP contribution in [0.4, 0.5) is 11.4 Å². The van der Waals surface area contributed by atoms with Gasteiger partial charge in [-0.1, -0.05) is 6.07 Å². The van der Waals surface area contributed by atoms with Crippen LogP contribution in [-0.4, -0.2) is 0 Å². The molecule has 0 bridgehead atoms. The standard InChI is InChI=1S/C20H20N2O2/c1-13-6-15(21)10-19(8-13)23-17-4-3-5-18(12-17)24-20-9-14(2)7-16(22)11-20/h3-12H,21-22H2,1-2H3. The smallest absolute Gasteiger partial charge is 0.131 e. The largest absolute Gasteiger partial charge is 0.457 e. The second-order valence-corrected chi connectivity index (χ2v) is 5.84. The van der Waals surface area contributed by atoms with Gasteiger partial charge in [0.2, 0.25) is 0 Å². The molecule has 4 N–H and O–H groups in total. The van der Waals surface area contributed by atoms with Crippen LogP contribution in [0.25, 0.3) is 0 Å². The summed E-state index contributed by atoms with van der Waals surface area (Å²) in [5, 5.41) is 0. The maximum atomic E-state index is 5.88. The highest BCUT2D eigenvalue weighted by atomic mass is 16.5. The summed E-state index contributed by atoms with van der Waals surface area (Å²) in [7, 11) is 0. The Labute approximate surface area is 141 Å². The Hall–Kier alpha value is -3.14. The van der Waals surface area contributed by atoms with Crippen molar-refractivity contribution in [1.29, 1.82) is 0 Å². The highest BCUT2D eigenvalue weighted by Gasteiger charge is 2.04. The first kappa shape index (κ1) is 15.7.